The molecule has 1 aromatic carbocycles. The lowest BCUT2D eigenvalue weighted by Gasteiger charge is -2.17. The molecule has 5 nitrogen and oxygen atoms in total. The second-order valence-corrected chi connectivity index (χ2v) is 5.37. The van der Waals surface area contributed by atoms with Gasteiger partial charge in [0.1, 0.15) is 12.7 Å². The van der Waals surface area contributed by atoms with Gasteiger partial charge in [0.05, 0.1) is 7.11 Å². The Labute approximate surface area is 126 Å². The van der Waals surface area contributed by atoms with Crippen LogP contribution in [0.2, 0.25) is 0 Å². The molecule has 2 rings (SSSR count). The Bertz CT molecular complexity index is 408. The van der Waals surface area contributed by atoms with Gasteiger partial charge < -0.3 is 24.8 Å². The zero-order valence-electron chi connectivity index (χ0n) is 12.8. The Balaban J connectivity index is 1.59. The molecule has 1 saturated heterocycles. The molecule has 1 heterocycles. The zero-order valence-corrected chi connectivity index (χ0v) is 12.8. The molecule has 1 fully saturated rings. The molecule has 0 amide bonds. The van der Waals surface area contributed by atoms with Crippen LogP contribution in [0.25, 0.3) is 0 Å². The number of benzene rings is 1. The molecule has 0 aliphatic carbocycles. The highest BCUT2D eigenvalue weighted by Crippen LogP contribution is 2.25. The van der Waals surface area contributed by atoms with Crippen LogP contribution in [0.1, 0.15) is 12.8 Å². The van der Waals surface area contributed by atoms with E-state index in [2.05, 4.69) is 10.2 Å². The van der Waals surface area contributed by atoms with E-state index < -0.39 is 6.10 Å². The minimum absolute atomic E-state index is 0.261. The minimum atomic E-state index is -0.520. The first-order valence-electron chi connectivity index (χ1n) is 7.66. The topological polar surface area (TPSA) is 54.0 Å². The zero-order chi connectivity index (χ0) is 14.9. The highest BCUT2D eigenvalue weighted by molar-refractivity contribution is 5.39. The Hall–Kier alpha value is -1.30. The molecule has 1 aromatic rings. The van der Waals surface area contributed by atoms with Crippen molar-refractivity contribution >= 4 is 0 Å². The summed E-state index contributed by atoms with van der Waals surface area (Å²) >= 11 is 0. The van der Waals surface area contributed by atoms with Gasteiger partial charge in [-0.25, -0.2) is 0 Å². The summed E-state index contributed by atoms with van der Waals surface area (Å²) in [4.78, 5) is 2.45. The molecular formula is C16H26N2O3. The van der Waals surface area contributed by atoms with Crippen LogP contribution < -0.4 is 14.8 Å². The summed E-state index contributed by atoms with van der Waals surface area (Å²) in [5.41, 5.74) is 0. The normalized spacial score (nSPS) is 16.9. The van der Waals surface area contributed by atoms with Gasteiger partial charge in [-0.3, -0.25) is 0 Å². The van der Waals surface area contributed by atoms with E-state index in [1.807, 2.05) is 24.3 Å². The Morgan fingerprint density at radius 2 is 1.95 bits per heavy atom. The lowest BCUT2D eigenvalue weighted by Crippen LogP contribution is -2.36. The van der Waals surface area contributed by atoms with Crippen LogP contribution in [0.3, 0.4) is 0 Å². The molecule has 0 bridgehead atoms. The van der Waals surface area contributed by atoms with Gasteiger partial charge in [0.15, 0.2) is 11.5 Å². The number of nitrogens with zero attached hydrogens (tertiary/aromatic N) is 1. The van der Waals surface area contributed by atoms with Gasteiger partial charge in [0, 0.05) is 19.6 Å². The van der Waals surface area contributed by atoms with Crippen LogP contribution in [0.4, 0.5) is 0 Å². The molecule has 1 aliphatic heterocycles. The standard InChI is InChI=1S/C16H26N2O3/c1-20-15-6-2-3-7-16(15)21-13-14(19)12-17-8-11-18-9-4-5-10-18/h2-3,6-7,14,17,19H,4-5,8-13H2,1H3. The lowest BCUT2D eigenvalue weighted by atomic mass is 10.3. The van der Waals surface area contributed by atoms with Gasteiger partial charge >= 0.3 is 0 Å². The maximum Gasteiger partial charge on any atom is 0.161 e. The molecule has 1 unspecified atom stereocenters. The van der Waals surface area contributed by atoms with Crippen LogP contribution in [0.15, 0.2) is 24.3 Å². The largest absolute Gasteiger partial charge is 0.493 e. The van der Waals surface area contributed by atoms with Gasteiger partial charge in [0.2, 0.25) is 0 Å². The SMILES string of the molecule is COc1ccccc1OCC(O)CNCCN1CCCC1. The molecule has 5 heteroatoms. The van der Waals surface area contributed by atoms with Gasteiger partial charge in [-0.05, 0) is 38.1 Å². The number of rotatable bonds is 9. The second kappa shape index (κ2) is 8.87. The molecule has 0 aromatic heterocycles. The van der Waals surface area contributed by atoms with E-state index in [1.165, 1.54) is 25.9 Å². The van der Waals surface area contributed by atoms with E-state index >= 15 is 0 Å². The second-order valence-electron chi connectivity index (χ2n) is 5.37. The van der Waals surface area contributed by atoms with Crippen molar-refractivity contribution in [1.82, 2.24) is 10.2 Å². The fourth-order valence-electron chi connectivity index (χ4n) is 2.50. The first kappa shape index (κ1) is 16.1. The van der Waals surface area contributed by atoms with Crippen molar-refractivity contribution in [2.45, 2.75) is 18.9 Å². The number of hydrogen-bond donors (Lipinski definition) is 2. The molecule has 21 heavy (non-hydrogen) atoms. The lowest BCUT2D eigenvalue weighted by molar-refractivity contribution is 0.104. The number of likely N-dealkylation sites (tertiary alicyclic amines) is 1. The fourth-order valence-corrected chi connectivity index (χ4v) is 2.50. The van der Waals surface area contributed by atoms with E-state index in [4.69, 9.17) is 9.47 Å². The number of ether oxygens (including phenoxy) is 2. The summed E-state index contributed by atoms with van der Waals surface area (Å²) in [6.45, 7) is 5.19. The summed E-state index contributed by atoms with van der Waals surface area (Å²) in [5.74, 6) is 1.35. The monoisotopic (exact) mass is 294 g/mol. The Morgan fingerprint density at radius 3 is 2.67 bits per heavy atom. The van der Waals surface area contributed by atoms with Crippen LogP contribution in [-0.4, -0.2) is 62.6 Å². The maximum absolute atomic E-state index is 9.92. The van der Waals surface area contributed by atoms with E-state index in [-0.39, 0.29) is 6.61 Å². The Kier molecular flexibility index (Phi) is 6.79. The molecule has 2 N–H and O–H groups in total. The van der Waals surface area contributed by atoms with Crippen molar-refractivity contribution < 1.29 is 14.6 Å². The first-order chi connectivity index (χ1) is 10.3. The van der Waals surface area contributed by atoms with E-state index in [0.29, 0.717) is 18.0 Å². The van der Waals surface area contributed by atoms with Gasteiger partial charge in [-0.2, -0.15) is 0 Å². The fraction of sp³-hybridized carbons (Fsp3) is 0.625. The average molecular weight is 294 g/mol. The van der Waals surface area contributed by atoms with Crippen LogP contribution in [0.5, 0.6) is 11.5 Å². The van der Waals surface area contributed by atoms with Crippen LogP contribution in [0, 0.1) is 0 Å². The molecule has 0 spiro atoms. The third-order valence-electron chi connectivity index (χ3n) is 3.68. The molecule has 1 aliphatic rings. The summed E-state index contributed by atoms with van der Waals surface area (Å²) in [6.07, 6.45) is 2.11. The van der Waals surface area contributed by atoms with Gasteiger partial charge in [-0.1, -0.05) is 12.1 Å². The third kappa shape index (κ3) is 5.53. The van der Waals surface area contributed by atoms with Crippen LogP contribution in [-0.2, 0) is 0 Å². The average Bonchev–Trinajstić information content (AvgIpc) is 3.03. The third-order valence-corrected chi connectivity index (χ3v) is 3.68. The smallest absolute Gasteiger partial charge is 0.161 e. The van der Waals surface area contributed by atoms with Crippen molar-refractivity contribution in [2.24, 2.45) is 0 Å². The van der Waals surface area contributed by atoms with E-state index in [0.717, 1.165) is 13.1 Å². The van der Waals surface area contributed by atoms with Gasteiger partial charge in [0.25, 0.3) is 0 Å². The molecule has 0 saturated carbocycles. The van der Waals surface area contributed by atoms with Crippen molar-refractivity contribution in [3.8, 4) is 11.5 Å². The van der Waals surface area contributed by atoms with Crippen molar-refractivity contribution in [2.75, 3.05) is 46.4 Å². The molecular weight excluding hydrogens is 268 g/mol. The minimum Gasteiger partial charge on any atom is -0.493 e. The predicted molar refractivity (Wildman–Crippen MR) is 83.0 cm³/mol. The summed E-state index contributed by atoms with van der Waals surface area (Å²) < 4.78 is 10.8. The molecule has 118 valence electrons. The molecule has 0 radical (unpaired) electrons. The highest BCUT2D eigenvalue weighted by atomic mass is 16.5. The predicted octanol–water partition coefficient (Wildman–Crippen LogP) is 1.12. The number of nitrogens with one attached hydrogen (secondary N) is 1. The Morgan fingerprint density at radius 1 is 1.24 bits per heavy atom. The van der Waals surface area contributed by atoms with E-state index in [1.54, 1.807) is 7.11 Å². The summed E-state index contributed by atoms with van der Waals surface area (Å²) in [6, 6.07) is 7.46. The van der Waals surface area contributed by atoms with E-state index in [9.17, 15) is 5.11 Å². The number of methoxy groups -OCH3 is 1. The summed E-state index contributed by atoms with van der Waals surface area (Å²) in [7, 11) is 1.61. The maximum atomic E-state index is 9.92. The summed E-state index contributed by atoms with van der Waals surface area (Å²) in [5, 5.41) is 13.2. The van der Waals surface area contributed by atoms with Crippen molar-refractivity contribution in [3.05, 3.63) is 24.3 Å². The number of aliphatic hydroxyl groups is 1. The number of aliphatic hydroxyl groups excluding tert-OH is 1. The van der Waals surface area contributed by atoms with Crippen LogP contribution >= 0.6 is 0 Å². The highest BCUT2D eigenvalue weighted by Gasteiger charge is 2.11. The molecule has 1 atom stereocenters. The first-order valence-corrected chi connectivity index (χ1v) is 7.66. The van der Waals surface area contributed by atoms with Gasteiger partial charge in [-0.15, -0.1) is 0 Å². The quantitative estimate of drug-likeness (QED) is 0.669. The van der Waals surface area contributed by atoms with Crippen molar-refractivity contribution in [1.29, 1.82) is 0 Å². The van der Waals surface area contributed by atoms with Crippen molar-refractivity contribution in [3.63, 3.8) is 0 Å². The number of hydrogen-bond acceptors (Lipinski definition) is 5. The number of para-hydroxylation sites is 2.